The molecule has 1 rings (SSSR count). The van der Waals surface area contributed by atoms with E-state index in [9.17, 15) is 0 Å². The number of hydroxylamine groups is 1. The van der Waals surface area contributed by atoms with Crippen molar-refractivity contribution in [1.82, 2.24) is 20.2 Å². The van der Waals surface area contributed by atoms with Gasteiger partial charge in [-0.15, -0.1) is 0 Å². The van der Waals surface area contributed by atoms with Crippen LogP contribution in [0.5, 0.6) is 0 Å². The zero-order valence-electron chi connectivity index (χ0n) is 9.53. The Balaban J connectivity index is 2.19. The average molecular weight is 210 g/mol. The number of nitrogens with zero attached hydrogens (tertiary/aromatic N) is 3. The minimum absolute atomic E-state index is 0.274. The number of rotatable bonds is 5. The lowest BCUT2D eigenvalue weighted by molar-refractivity contribution is 0.0555. The van der Waals surface area contributed by atoms with Gasteiger partial charge in [-0.3, -0.25) is 4.84 Å². The molecule has 5 heteroatoms. The van der Waals surface area contributed by atoms with Gasteiger partial charge in [-0.2, -0.15) is 5.10 Å². The summed E-state index contributed by atoms with van der Waals surface area (Å²) in [5, 5.41) is 3.91. The van der Waals surface area contributed by atoms with Crippen LogP contribution >= 0.6 is 0 Å². The van der Waals surface area contributed by atoms with E-state index in [0.717, 1.165) is 6.42 Å². The zero-order chi connectivity index (χ0) is 11.3. The molecule has 0 aliphatic carbocycles. The molecule has 0 radical (unpaired) electrons. The Kier molecular flexibility index (Phi) is 3.85. The van der Waals surface area contributed by atoms with Crippen molar-refractivity contribution in [2.45, 2.75) is 27.2 Å². The van der Waals surface area contributed by atoms with Gasteiger partial charge in [0, 0.05) is 0 Å². The first-order chi connectivity index (χ1) is 6.99. The first-order valence-corrected chi connectivity index (χ1v) is 4.91. The zero-order valence-corrected chi connectivity index (χ0v) is 9.53. The lowest BCUT2D eigenvalue weighted by atomic mass is 9.93. The molecule has 0 spiro atoms. The fourth-order valence-electron chi connectivity index (χ4n) is 0.886. The third kappa shape index (κ3) is 4.60. The van der Waals surface area contributed by atoms with Crippen molar-refractivity contribution in [3.05, 3.63) is 19.2 Å². The van der Waals surface area contributed by atoms with Gasteiger partial charge in [0.25, 0.3) is 0 Å². The van der Waals surface area contributed by atoms with Crippen molar-refractivity contribution < 1.29 is 4.84 Å². The van der Waals surface area contributed by atoms with Crippen LogP contribution in [-0.2, 0) is 4.84 Å². The molecule has 0 amide bonds. The van der Waals surface area contributed by atoms with Gasteiger partial charge in [-0.1, -0.05) is 27.4 Å². The van der Waals surface area contributed by atoms with E-state index in [1.807, 2.05) is 0 Å². The predicted molar refractivity (Wildman–Crippen MR) is 58.5 cm³/mol. The molecule has 5 nitrogen and oxygen atoms in total. The van der Waals surface area contributed by atoms with Gasteiger partial charge in [0.05, 0.1) is 6.61 Å². The molecule has 1 aromatic rings. The van der Waals surface area contributed by atoms with Gasteiger partial charge in [0.2, 0.25) is 0 Å². The second-order valence-corrected chi connectivity index (χ2v) is 4.55. The lowest BCUT2D eigenvalue weighted by Gasteiger charge is -2.18. The predicted octanol–water partition coefficient (Wildman–Crippen LogP) is 1.66. The summed E-state index contributed by atoms with van der Waals surface area (Å²) in [5.74, 6) is 0.557. The summed E-state index contributed by atoms with van der Waals surface area (Å²) in [4.78, 5) is 9.06. The number of aromatic nitrogens is 3. The van der Waals surface area contributed by atoms with E-state index < -0.39 is 0 Å². The maximum atomic E-state index is 5.26. The second-order valence-electron chi connectivity index (χ2n) is 4.55. The van der Waals surface area contributed by atoms with Crippen LogP contribution in [0.15, 0.2) is 19.2 Å². The molecule has 0 bridgehead atoms. The lowest BCUT2D eigenvalue weighted by Crippen LogP contribution is -2.20. The molecule has 15 heavy (non-hydrogen) atoms. The van der Waals surface area contributed by atoms with Crippen molar-refractivity contribution in [2.24, 2.45) is 5.41 Å². The fraction of sp³-hybridized carbons (Fsp3) is 0.600. The highest BCUT2D eigenvalue weighted by atomic mass is 16.6. The van der Waals surface area contributed by atoms with Crippen LogP contribution in [0.1, 0.15) is 27.2 Å². The van der Waals surface area contributed by atoms with E-state index in [-0.39, 0.29) is 5.41 Å². The van der Waals surface area contributed by atoms with Crippen LogP contribution in [0.4, 0.5) is 0 Å². The standard InChI is InChI=1S/C10H18N4O/c1-9(14-8-11-7-12-14)13-15-6-5-10(2,3)4/h7-8,13H,1,5-6H2,2-4H3. The van der Waals surface area contributed by atoms with Crippen molar-refractivity contribution in [3.63, 3.8) is 0 Å². The van der Waals surface area contributed by atoms with Crippen LogP contribution in [0.3, 0.4) is 0 Å². The summed E-state index contributed by atoms with van der Waals surface area (Å²) in [7, 11) is 0. The molecule has 0 fully saturated rings. The van der Waals surface area contributed by atoms with E-state index in [1.54, 1.807) is 6.33 Å². The van der Waals surface area contributed by atoms with Crippen LogP contribution in [0.25, 0.3) is 5.82 Å². The maximum absolute atomic E-state index is 5.26. The SMILES string of the molecule is C=C(NOCCC(C)(C)C)n1cncn1. The quantitative estimate of drug-likeness (QED) is 0.593. The van der Waals surface area contributed by atoms with E-state index in [0.29, 0.717) is 12.4 Å². The first kappa shape index (κ1) is 11.7. The Morgan fingerprint density at radius 1 is 1.53 bits per heavy atom. The average Bonchev–Trinajstić information content (AvgIpc) is 2.63. The topological polar surface area (TPSA) is 52.0 Å². The molecule has 84 valence electrons. The fourth-order valence-corrected chi connectivity index (χ4v) is 0.886. The summed E-state index contributed by atoms with van der Waals surface area (Å²) in [5.41, 5.74) is 3.00. The normalized spacial score (nSPS) is 11.4. The Morgan fingerprint density at radius 2 is 2.27 bits per heavy atom. The van der Waals surface area contributed by atoms with Crippen LogP contribution in [-0.4, -0.2) is 21.4 Å². The summed E-state index contributed by atoms with van der Waals surface area (Å²) < 4.78 is 1.51. The molecule has 1 heterocycles. The first-order valence-electron chi connectivity index (χ1n) is 4.91. The van der Waals surface area contributed by atoms with Crippen molar-refractivity contribution in [1.29, 1.82) is 0 Å². The highest BCUT2D eigenvalue weighted by molar-refractivity contribution is 5.33. The summed E-state index contributed by atoms with van der Waals surface area (Å²) in [6.07, 6.45) is 3.98. The highest BCUT2D eigenvalue weighted by Gasteiger charge is 2.09. The van der Waals surface area contributed by atoms with E-state index in [4.69, 9.17) is 4.84 Å². The smallest absolute Gasteiger partial charge is 0.145 e. The monoisotopic (exact) mass is 210 g/mol. The largest absolute Gasteiger partial charge is 0.275 e. The van der Waals surface area contributed by atoms with Crippen LogP contribution in [0, 0.1) is 5.41 Å². The second kappa shape index (κ2) is 4.93. The molecular weight excluding hydrogens is 192 g/mol. The minimum Gasteiger partial charge on any atom is -0.275 e. The molecule has 1 N–H and O–H groups in total. The van der Waals surface area contributed by atoms with Gasteiger partial charge in [0.15, 0.2) is 0 Å². The van der Waals surface area contributed by atoms with Gasteiger partial charge < -0.3 is 0 Å². The van der Waals surface area contributed by atoms with Crippen molar-refractivity contribution >= 4 is 5.82 Å². The number of hydrogen-bond acceptors (Lipinski definition) is 4. The van der Waals surface area contributed by atoms with Crippen LogP contribution < -0.4 is 5.48 Å². The van der Waals surface area contributed by atoms with Crippen molar-refractivity contribution in [3.8, 4) is 0 Å². The molecular formula is C10H18N4O. The van der Waals surface area contributed by atoms with Gasteiger partial charge in [-0.25, -0.2) is 15.1 Å². The Hall–Kier alpha value is -1.36. The molecule has 0 saturated heterocycles. The molecule has 0 aliphatic heterocycles. The van der Waals surface area contributed by atoms with E-state index in [2.05, 4.69) is 42.9 Å². The minimum atomic E-state index is 0.274. The third-order valence-electron chi connectivity index (χ3n) is 1.84. The molecule has 0 aliphatic rings. The third-order valence-corrected chi connectivity index (χ3v) is 1.84. The van der Waals surface area contributed by atoms with Crippen molar-refractivity contribution in [2.75, 3.05) is 6.61 Å². The van der Waals surface area contributed by atoms with Crippen LogP contribution in [0.2, 0.25) is 0 Å². The summed E-state index contributed by atoms with van der Waals surface area (Å²) >= 11 is 0. The van der Waals surface area contributed by atoms with E-state index in [1.165, 1.54) is 11.0 Å². The molecule has 0 saturated carbocycles. The summed E-state index contributed by atoms with van der Waals surface area (Å²) in [6, 6.07) is 0. The molecule has 0 aromatic carbocycles. The van der Waals surface area contributed by atoms with Gasteiger partial charge in [-0.05, 0) is 11.8 Å². The molecule has 0 atom stereocenters. The summed E-state index contributed by atoms with van der Waals surface area (Å²) in [6.45, 7) is 10.9. The number of nitrogens with one attached hydrogen (secondary N) is 1. The Bertz CT molecular complexity index is 300. The molecule has 0 unspecified atom stereocenters. The number of hydrogen-bond donors (Lipinski definition) is 1. The highest BCUT2D eigenvalue weighted by Crippen LogP contribution is 2.17. The Morgan fingerprint density at radius 3 is 2.80 bits per heavy atom. The molecule has 1 aromatic heterocycles. The Labute approximate surface area is 90.1 Å². The maximum Gasteiger partial charge on any atom is 0.145 e. The van der Waals surface area contributed by atoms with E-state index >= 15 is 0 Å². The van der Waals surface area contributed by atoms with Gasteiger partial charge >= 0.3 is 0 Å². The van der Waals surface area contributed by atoms with Gasteiger partial charge in [0.1, 0.15) is 18.5 Å².